The minimum absolute atomic E-state index is 0.714. The van der Waals surface area contributed by atoms with E-state index in [9.17, 15) is 0 Å². The second-order valence-corrected chi connectivity index (χ2v) is 4.71. The van der Waals surface area contributed by atoms with Crippen LogP contribution >= 0.6 is 11.9 Å². The fraction of sp³-hybridized carbons (Fsp3) is 0.500. The highest BCUT2D eigenvalue weighted by atomic mass is 32.2. The van der Waals surface area contributed by atoms with E-state index in [1.165, 1.54) is 4.90 Å². The highest BCUT2D eigenvalue weighted by molar-refractivity contribution is 7.97. The molecule has 3 nitrogen and oxygen atoms in total. The number of hydrogen-bond donors (Lipinski definition) is 0. The lowest BCUT2D eigenvalue weighted by atomic mass is 10.3. The normalized spacial score (nSPS) is 17.3. The summed E-state index contributed by atoms with van der Waals surface area (Å²) in [6, 6.07) is 8.23. The maximum atomic E-state index is 5.48. The van der Waals surface area contributed by atoms with E-state index in [4.69, 9.17) is 9.47 Å². The monoisotopic (exact) mass is 239 g/mol. The average molecular weight is 239 g/mol. The van der Waals surface area contributed by atoms with Crippen LogP contribution in [0.2, 0.25) is 0 Å². The van der Waals surface area contributed by atoms with Crippen molar-refractivity contribution < 1.29 is 9.47 Å². The van der Waals surface area contributed by atoms with Gasteiger partial charge in [-0.2, -0.15) is 0 Å². The summed E-state index contributed by atoms with van der Waals surface area (Å²) in [5.41, 5.74) is 0. The summed E-state index contributed by atoms with van der Waals surface area (Å²) in [5.74, 6) is 0.945. The first-order valence-electron chi connectivity index (χ1n) is 5.62. The lowest BCUT2D eigenvalue weighted by Crippen LogP contribution is -2.30. The van der Waals surface area contributed by atoms with Gasteiger partial charge >= 0.3 is 0 Å². The van der Waals surface area contributed by atoms with E-state index in [-0.39, 0.29) is 0 Å². The molecule has 1 aromatic carbocycles. The zero-order chi connectivity index (χ0) is 11.2. The lowest BCUT2D eigenvalue weighted by Gasteiger charge is -2.25. The van der Waals surface area contributed by atoms with Gasteiger partial charge in [0.25, 0.3) is 0 Å². The van der Waals surface area contributed by atoms with E-state index in [0.29, 0.717) is 6.61 Å². The third-order valence-electron chi connectivity index (χ3n) is 2.32. The lowest BCUT2D eigenvalue weighted by molar-refractivity contribution is 0.0773. The molecule has 0 aromatic heterocycles. The Morgan fingerprint density at radius 1 is 1.38 bits per heavy atom. The van der Waals surface area contributed by atoms with Crippen LogP contribution < -0.4 is 4.74 Å². The Kier molecular flexibility index (Phi) is 4.51. The summed E-state index contributed by atoms with van der Waals surface area (Å²) in [6.45, 7) is 6.36. The maximum absolute atomic E-state index is 5.48. The number of nitrogens with zero attached hydrogens (tertiary/aromatic N) is 1. The summed E-state index contributed by atoms with van der Waals surface area (Å²) in [6.07, 6.45) is 0. The van der Waals surface area contributed by atoms with Crippen molar-refractivity contribution in [1.29, 1.82) is 0 Å². The van der Waals surface area contributed by atoms with Crippen molar-refractivity contribution in [3.8, 4) is 5.75 Å². The molecule has 0 amide bonds. The molecule has 0 aliphatic carbocycles. The molecule has 0 radical (unpaired) electrons. The summed E-state index contributed by atoms with van der Waals surface area (Å²) >= 11 is 1.78. The second-order valence-electron chi connectivity index (χ2n) is 3.54. The molecule has 0 bridgehead atoms. The smallest absolute Gasteiger partial charge is 0.120 e. The van der Waals surface area contributed by atoms with Crippen molar-refractivity contribution in [1.82, 2.24) is 4.31 Å². The maximum Gasteiger partial charge on any atom is 0.120 e. The third-order valence-corrected chi connectivity index (χ3v) is 3.41. The molecule has 0 N–H and O–H groups in total. The molecule has 1 heterocycles. The topological polar surface area (TPSA) is 21.7 Å². The SMILES string of the molecule is CCOc1cccc(SN2CCOCC2)c1. The molecule has 2 rings (SSSR count). The molecule has 1 aliphatic rings. The highest BCUT2D eigenvalue weighted by Gasteiger charge is 2.11. The molecule has 0 saturated carbocycles. The van der Waals surface area contributed by atoms with Gasteiger partial charge in [-0.15, -0.1) is 0 Å². The van der Waals surface area contributed by atoms with Gasteiger partial charge in [0.15, 0.2) is 0 Å². The molecule has 1 fully saturated rings. The van der Waals surface area contributed by atoms with Crippen LogP contribution in [0.4, 0.5) is 0 Å². The van der Waals surface area contributed by atoms with Gasteiger partial charge in [0.05, 0.1) is 19.8 Å². The number of ether oxygens (including phenoxy) is 2. The quantitative estimate of drug-likeness (QED) is 0.752. The van der Waals surface area contributed by atoms with Crippen molar-refractivity contribution >= 4 is 11.9 Å². The summed E-state index contributed by atoms with van der Waals surface area (Å²) in [4.78, 5) is 1.23. The van der Waals surface area contributed by atoms with E-state index in [2.05, 4.69) is 16.4 Å². The van der Waals surface area contributed by atoms with Gasteiger partial charge in [-0.1, -0.05) is 6.07 Å². The van der Waals surface area contributed by atoms with E-state index < -0.39 is 0 Å². The number of morpholine rings is 1. The molecule has 0 atom stereocenters. The summed E-state index contributed by atoms with van der Waals surface area (Å²) in [7, 11) is 0. The van der Waals surface area contributed by atoms with Gasteiger partial charge < -0.3 is 9.47 Å². The Morgan fingerprint density at radius 3 is 2.94 bits per heavy atom. The van der Waals surface area contributed by atoms with Crippen molar-refractivity contribution in [2.45, 2.75) is 11.8 Å². The standard InChI is InChI=1S/C12H17NO2S/c1-2-15-11-4-3-5-12(10-11)16-13-6-8-14-9-7-13/h3-5,10H,2,6-9H2,1H3. The first-order valence-corrected chi connectivity index (χ1v) is 6.39. The summed E-state index contributed by atoms with van der Waals surface area (Å²) < 4.78 is 13.1. The number of rotatable bonds is 4. The Morgan fingerprint density at radius 2 is 2.19 bits per heavy atom. The van der Waals surface area contributed by atoms with E-state index in [1.54, 1.807) is 11.9 Å². The van der Waals surface area contributed by atoms with Gasteiger partial charge in [-0.3, -0.25) is 0 Å². The predicted molar refractivity (Wildman–Crippen MR) is 65.9 cm³/mol. The fourth-order valence-corrected chi connectivity index (χ4v) is 2.51. The van der Waals surface area contributed by atoms with Crippen molar-refractivity contribution in [3.05, 3.63) is 24.3 Å². The van der Waals surface area contributed by atoms with Gasteiger partial charge in [0.2, 0.25) is 0 Å². The number of hydrogen-bond acceptors (Lipinski definition) is 4. The van der Waals surface area contributed by atoms with Crippen LogP contribution in [0.3, 0.4) is 0 Å². The van der Waals surface area contributed by atoms with Crippen LogP contribution in [0.25, 0.3) is 0 Å². The zero-order valence-corrected chi connectivity index (χ0v) is 10.3. The van der Waals surface area contributed by atoms with Crippen molar-refractivity contribution in [2.75, 3.05) is 32.9 Å². The van der Waals surface area contributed by atoms with Gasteiger partial charge in [0, 0.05) is 18.0 Å². The van der Waals surface area contributed by atoms with Gasteiger partial charge in [-0.25, -0.2) is 4.31 Å². The molecule has 16 heavy (non-hydrogen) atoms. The van der Waals surface area contributed by atoms with E-state index >= 15 is 0 Å². The van der Waals surface area contributed by atoms with Gasteiger partial charge in [0.1, 0.15) is 5.75 Å². The summed E-state index contributed by atoms with van der Waals surface area (Å²) in [5, 5.41) is 0. The van der Waals surface area contributed by atoms with Crippen LogP contribution in [0, 0.1) is 0 Å². The Hall–Kier alpha value is -0.710. The van der Waals surface area contributed by atoms with E-state index in [1.807, 2.05) is 19.1 Å². The molecule has 4 heteroatoms. The Balaban J connectivity index is 1.94. The Labute approximate surface area is 101 Å². The first-order chi connectivity index (χ1) is 7.88. The highest BCUT2D eigenvalue weighted by Crippen LogP contribution is 2.26. The molecule has 0 unspecified atom stereocenters. The Bertz CT molecular complexity index is 327. The zero-order valence-electron chi connectivity index (χ0n) is 9.52. The molecule has 88 valence electrons. The fourth-order valence-electron chi connectivity index (χ4n) is 1.57. The molecular weight excluding hydrogens is 222 g/mol. The molecule has 0 spiro atoms. The van der Waals surface area contributed by atoms with Crippen LogP contribution in [-0.4, -0.2) is 37.2 Å². The first kappa shape index (κ1) is 11.8. The molecule has 1 aromatic rings. The predicted octanol–water partition coefficient (Wildman–Crippen LogP) is 2.42. The number of benzene rings is 1. The third kappa shape index (κ3) is 3.40. The minimum Gasteiger partial charge on any atom is -0.494 e. The van der Waals surface area contributed by atoms with Crippen LogP contribution in [0.15, 0.2) is 29.2 Å². The van der Waals surface area contributed by atoms with Crippen LogP contribution in [0.5, 0.6) is 5.75 Å². The second kappa shape index (κ2) is 6.13. The van der Waals surface area contributed by atoms with Gasteiger partial charge in [-0.05, 0) is 37.1 Å². The average Bonchev–Trinajstić information content (AvgIpc) is 2.31. The van der Waals surface area contributed by atoms with Crippen LogP contribution in [-0.2, 0) is 4.74 Å². The molecular formula is C12H17NO2S. The van der Waals surface area contributed by atoms with Crippen molar-refractivity contribution in [3.63, 3.8) is 0 Å². The minimum atomic E-state index is 0.714. The molecule has 1 aliphatic heterocycles. The van der Waals surface area contributed by atoms with Crippen molar-refractivity contribution in [2.24, 2.45) is 0 Å². The molecule has 1 saturated heterocycles. The van der Waals surface area contributed by atoms with E-state index in [0.717, 1.165) is 32.1 Å². The largest absolute Gasteiger partial charge is 0.494 e. The van der Waals surface area contributed by atoms with Crippen LogP contribution in [0.1, 0.15) is 6.92 Å².